The molecule has 1 N–H and O–H groups in total. The van der Waals surface area contributed by atoms with Gasteiger partial charge in [0.25, 0.3) is 11.6 Å². The second kappa shape index (κ2) is 8.85. The van der Waals surface area contributed by atoms with E-state index in [-0.39, 0.29) is 24.0 Å². The molecule has 9 nitrogen and oxygen atoms in total. The van der Waals surface area contributed by atoms with E-state index < -0.39 is 4.92 Å². The Balaban J connectivity index is 1.44. The molecule has 146 valence electrons. The highest BCUT2D eigenvalue weighted by molar-refractivity contribution is 5.91. The van der Waals surface area contributed by atoms with Crippen LogP contribution in [0.3, 0.4) is 0 Å². The maximum Gasteiger partial charge on any atom is 0.286 e. The first-order valence-electron chi connectivity index (χ1n) is 8.75. The normalized spacial score (nSPS) is 10.6. The van der Waals surface area contributed by atoms with Gasteiger partial charge in [0.15, 0.2) is 5.76 Å². The fraction of sp³-hybridized carbons (Fsp3) is 0.263. The number of ether oxygens (including phenoxy) is 1. The van der Waals surface area contributed by atoms with Crippen LogP contribution in [0.4, 0.5) is 5.69 Å². The molecule has 0 aliphatic heterocycles. The Morgan fingerprint density at radius 2 is 2.18 bits per heavy atom. The lowest BCUT2D eigenvalue weighted by Gasteiger charge is -2.05. The summed E-state index contributed by atoms with van der Waals surface area (Å²) in [6.45, 7) is 3.20. The summed E-state index contributed by atoms with van der Waals surface area (Å²) in [6, 6.07) is 11.0. The molecule has 0 bridgehead atoms. The Morgan fingerprint density at radius 3 is 2.93 bits per heavy atom. The molecule has 9 heteroatoms. The van der Waals surface area contributed by atoms with Crippen molar-refractivity contribution in [1.29, 1.82) is 0 Å². The zero-order valence-corrected chi connectivity index (χ0v) is 15.3. The summed E-state index contributed by atoms with van der Waals surface area (Å²) < 4.78 is 12.8. The van der Waals surface area contributed by atoms with Crippen molar-refractivity contribution >= 4 is 11.6 Å². The van der Waals surface area contributed by atoms with Gasteiger partial charge in [-0.25, -0.2) is 0 Å². The van der Waals surface area contributed by atoms with Gasteiger partial charge in [0.05, 0.1) is 16.7 Å². The van der Waals surface area contributed by atoms with Crippen molar-refractivity contribution in [2.75, 3.05) is 6.54 Å². The number of rotatable bonds is 9. The fourth-order valence-electron chi connectivity index (χ4n) is 2.54. The largest absolute Gasteiger partial charge is 0.485 e. The number of carbonyl (C=O) groups excluding carboxylic acids is 1. The quantitative estimate of drug-likeness (QED) is 0.345. The van der Waals surface area contributed by atoms with Crippen LogP contribution in [0.15, 0.2) is 53.1 Å². The minimum atomic E-state index is -0.490. The lowest BCUT2D eigenvalue weighted by atomic mass is 10.3. The van der Waals surface area contributed by atoms with E-state index in [1.807, 2.05) is 23.9 Å². The van der Waals surface area contributed by atoms with Crippen LogP contribution in [0, 0.1) is 17.0 Å². The number of hydrogen-bond donors (Lipinski definition) is 1. The number of furan rings is 1. The molecule has 0 atom stereocenters. The zero-order valence-electron chi connectivity index (χ0n) is 15.3. The predicted molar refractivity (Wildman–Crippen MR) is 100 cm³/mol. The van der Waals surface area contributed by atoms with Gasteiger partial charge in [0.2, 0.25) is 0 Å². The molecule has 0 fully saturated rings. The molecule has 0 saturated carbocycles. The number of amides is 1. The molecule has 2 aromatic heterocycles. The summed E-state index contributed by atoms with van der Waals surface area (Å²) in [5.41, 5.74) is 0.904. The summed E-state index contributed by atoms with van der Waals surface area (Å²) in [4.78, 5) is 22.4. The Bertz CT molecular complexity index is 963. The Kier molecular flexibility index (Phi) is 6.05. The van der Waals surface area contributed by atoms with Gasteiger partial charge in [-0.3, -0.25) is 19.6 Å². The van der Waals surface area contributed by atoms with Crippen LogP contribution in [-0.2, 0) is 13.2 Å². The van der Waals surface area contributed by atoms with Crippen molar-refractivity contribution < 1.29 is 18.9 Å². The van der Waals surface area contributed by atoms with Crippen LogP contribution >= 0.6 is 0 Å². The molecule has 0 aliphatic rings. The van der Waals surface area contributed by atoms with Gasteiger partial charge in [-0.05, 0) is 37.6 Å². The number of hydrogen-bond acceptors (Lipinski definition) is 6. The third-order valence-corrected chi connectivity index (χ3v) is 3.92. The van der Waals surface area contributed by atoms with E-state index in [9.17, 15) is 14.9 Å². The molecule has 0 radical (unpaired) electrons. The highest BCUT2D eigenvalue weighted by atomic mass is 16.6. The number of carbonyl (C=O) groups is 1. The highest BCUT2D eigenvalue weighted by Gasteiger charge is 2.12. The molecule has 3 aromatic rings. The van der Waals surface area contributed by atoms with E-state index in [4.69, 9.17) is 9.15 Å². The summed E-state index contributed by atoms with van der Waals surface area (Å²) in [5, 5.41) is 17.9. The monoisotopic (exact) mass is 384 g/mol. The average molecular weight is 384 g/mol. The van der Waals surface area contributed by atoms with Gasteiger partial charge in [0.1, 0.15) is 18.1 Å². The number of nitro benzene ring substituents is 1. The number of aromatic nitrogens is 2. The van der Waals surface area contributed by atoms with Gasteiger partial charge in [0, 0.05) is 25.4 Å². The lowest BCUT2D eigenvalue weighted by molar-refractivity contribution is -0.384. The second-order valence-electron chi connectivity index (χ2n) is 6.14. The van der Waals surface area contributed by atoms with E-state index >= 15 is 0 Å². The molecule has 0 spiro atoms. The molecule has 2 heterocycles. The molecule has 28 heavy (non-hydrogen) atoms. The van der Waals surface area contributed by atoms with Crippen LogP contribution in [0.5, 0.6) is 5.75 Å². The van der Waals surface area contributed by atoms with Gasteiger partial charge in [-0.1, -0.05) is 6.07 Å². The Morgan fingerprint density at radius 1 is 1.32 bits per heavy atom. The molecule has 1 aromatic carbocycles. The van der Waals surface area contributed by atoms with Crippen LogP contribution < -0.4 is 10.1 Å². The summed E-state index contributed by atoms with van der Waals surface area (Å²) >= 11 is 0. The first-order valence-corrected chi connectivity index (χ1v) is 8.75. The van der Waals surface area contributed by atoms with Crippen molar-refractivity contribution in [2.45, 2.75) is 26.5 Å². The maximum atomic E-state index is 12.1. The van der Waals surface area contributed by atoms with Gasteiger partial charge >= 0.3 is 0 Å². The number of nitro groups is 1. The van der Waals surface area contributed by atoms with Crippen molar-refractivity contribution in [3.8, 4) is 5.75 Å². The summed E-state index contributed by atoms with van der Waals surface area (Å²) in [5.74, 6) is 0.681. The van der Waals surface area contributed by atoms with Crippen LogP contribution in [0.2, 0.25) is 0 Å². The number of non-ortho nitro benzene ring substituents is 1. The minimum absolute atomic E-state index is 0.0534. The van der Waals surface area contributed by atoms with Crippen LogP contribution in [0.1, 0.15) is 28.4 Å². The predicted octanol–water partition coefficient (Wildman–Crippen LogP) is 3.09. The number of aryl methyl sites for hydroxylation is 2. The van der Waals surface area contributed by atoms with Crippen LogP contribution in [-0.4, -0.2) is 27.2 Å². The molecular weight excluding hydrogens is 364 g/mol. The van der Waals surface area contributed by atoms with Crippen molar-refractivity contribution in [3.63, 3.8) is 0 Å². The van der Waals surface area contributed by atoms with E-state index in [1.54, 1.807) is 24.3 Å². The minimum Gasteiger partial charge on any atom is -0.485 e. The fourth-order valence-corrected chi connectivity index (χ4v) is 2.54. The third kappa shape index (κ3) is 5.19. The van der Waals surface area contributed by atoms with E-state index in [2.05, 4.69) is 10.4 Å². The lowest BCUT2D eigenvalue weighted by Crippen LogP contribution is -2.24. The highest BCUT2D eigenvalue weighted by Crippen LogP contribution is 2.20. The number of nitrogens with one attached hydrogen (secondary N) is 1. The first-order chi connectivity index (χ1) is 13.5. The summed E-state index contributed by atoms with van der Waals surface area (Å²) in [6.07, 6.45) is 2.65. The molecular formula is C19H20N4O5. The Labute approximate surface area is 161 Å². The smallest absolute Gasteiger partial charge is 0.286 e. The van der Waals surface area contributed by atoms with Crippen molar-refractivity contribution in [1.82, 2.24) is 15.1 Å². The van der Waals surface area contributed by atoms with E-state index in [1.165, 1.54) is 12.1 Å². The number of nitrogens with zero attached hydrogens (tertiary/aromatic N) is 3. The van der Waals surface area contributed by atoms with E-state index in [0.717, 1.165) is 12.1 Å². The molecule has 3 rings (SSSR count). The average Bonchev–Trinajstić information content (AvgIpc) is 3.32. The standard InChI is InChI=1S/C19H20N4O5/c1-14-8-11-22(21-14)10-3-9-20-19(24)18-7-6-17(28-18)13-27-16-5-2-4-15(12-16)23(25)26/h2,4-8,11-12H,3,9-10,13H2,1H3,(H,20,24). The van der Waals surface area contributed by atoms with Crippen molar-refractivity contribution in [2.24, 2.45) is 0 Å². The van der Waals surface area contributed by atoms with Crippen molar-refractivity contribution in [3.05, 3.63) is 76.0 Å². The van der Waals surface area contributed by atoms with Gasteiger partial charge in [-0.2, -0.15) is 5.10 Å². The molecule has 1 amide bonds. The second-order valence-corrected chi connectivity index (χ2v) is 6.14. The Hall–Kier alpha value is -3.62. The zero-order chi connectivity index (χ0) is 19.9. The van der Waals surface area contributed by atoms with Gasteiger partial charge in [-0.15, -0.1) is 0 Å². The third-order valence-electron chi connectivity index (χ3n) is 3.92. The molecule has 0 unspecified atom stereocenters. The van der Waals surface area contributed by atoms with E-state index in [0.29, 0.717) is 24.6 Å². The van der Waals surface area contributed by atoms with Crippen LogP contribution in [0.25, 0.3) is 0 Å². The SMILES string of the molecule is Cc1ccn(CCCNC(=O)c2ccc(COc3cccc([N+](=O)[O-])c3)o2)n1. The van der Waals surface area contributed by atoms with Gasteiger partial charge < -0.3 is 14.5 Å². The molecule has 0 aliphatic carbocycles. The maximum absolute atomic E-state index is 12.1. The first kappa shape index (κ1) is 19.2. The summed E-state index contributed by atoms with van der Waals surface area (Å²) in [7, 11) is 0. The molecule has 0 saturated heterocycles. The topological polar surface area (TPSA) is 112 Å². The number of benzene rings is 1.